The van der Waals surface area contributed by atoms with Crippen molar-refractivity contribution >= 4 is 18.2 Å². The van der Waals surface area contributed by atoms with Crippen LogP contribution in [0.3, 0.4) is 0 Å². The highest BCUT2D eigenvalue weighted by atomic mass is 32.2. The number of ether oxygens (including phenoxy) is 1. The molecular formula is C3H4O3S. The zero-order chi connectivity index (χ0) is 5.28. The summed E-state index contributed by atoms with van der Waals surface area (Å²) in [5.74, 6) is 0. The Morgan fingerprint density at radius 2 is 2.57 bits per heavy atom. The summed E-state index contributed by atoms with van der Waals surface area (Å²) in [6, 6.07) is 0. The molecule has 0 aromatic heterocycles. The van der Waals surface area contributed by atoms with Crippen LogP contribution < -0.4 is 0 Å². The van der Waals surface area contributed by atoms with Crippen molar-refractivity contribution in [1.82, 2.24) is 0 Å². The van der Waals surface area contributed by atoms with Gasteiger partial charge in [0.05, 0.1) is 0 Å². The number of carbonyl (C=O) groups is 1. The van der Waals surface area contributed by atoms with Gasteiger partial charge in [-0.25, -0.2) is 4.79 Å². The Kier molecular flexibility index (Phi) is 1.10. The maximum atomic E-state index is 9.99. The van der Waals surface area contributed by atoms with Crippen LogP contribution in [0.1, 0.15) is 6.92 Å². The lowest BCUT2D eigenvalue weighted by Gasteiger charge is -1.87. The molecule has 1 rings (SSSR count). The number of hydrogen-bond acceptors (Lipinski definition) is 4. The molecule has 0 aromatic carbocycles. The van der Waals surface area contributed by atoms with Crippen molar-refractivity contribution in [2.24, 2.45) is 0 Å². The third-order valence-corrected chi connectivity index (χ3v) is 1.11. The predicted octanol–water partition coefficient (Wildman–Crippen LogP) is 1.15. The average molecular weight is 120 g/mol. The quantitative estimate of drug-likeness (QED) is 0.355. The Hall–Kier alpha value is -0.380. The Labute approximate surface area is 45.2 Å². The molecule has 1 aliphatic rings. The van der Waals surface area contributed by atoms with Crippen LogP contribution in [0.4, 0.5) is 4.79 Å². The molecule has 0 saturated carbocycles. The minimum Gasteiger partial charge on any atom is -0.416 e. The van der Waals surface area contributed by atoms with Crippen LogP contribution in [-0.4, -0.2) is 11.6 Å². The lowest BCUT2D eigenvalue weighted by molar-refractivity contribution is 0.123. The second kappa shape index (κ2) is 1.61. The molecule has 4 heteroatoms. The third kappa shape index (κ3) is 0.991. The molecule has 7 heavy (non-hydrogen) atoms. The SMILES string of the molecule is CC1OC(=O)OS1. The molecule has 1 heterocycles. The van der Waals surface area contributed by atoms with Crippen LogP contribution >= 0.6 is 12.0 Å². The highest BCUT2D eigenvalue weighted by molar-refractivity contribution is 7.95. The minimum absolute atomic E-state index is 0.132. The summed E-state index contributed by atoms with van der Waals surface area (Å²) in [7, 11) is 0. The van der Waals surface area contributed by atoms with Gasteiger partial charge in [-0.2, -0.15) is 0 Å². The van der Waals surface area contributed by atoms with E-state index in [0.717, 1.165) is 12.0 Å². The Balaban J connectivity index is 2.40. The van der Waals surface area contributed by atoms with Gasteiger partial charge in [-0.05, 0) is 6.92 Å². The third-order valence-electron chi connectivity index (χ3n) is 0.514. The van der Waals surface area contributed by atoms with Gasteiger partial charge < -0.3 is 8.92 Å². The van der Waals surface area contributed by atoms with E-state index in [4.69, 9.17) is 0 Å². The number of carbonyl (C=O) groups excluding carboxylic acids is 1. The summed E-state index contributed by atoms with van der Waals surface area (Å²) < 4.78 is 8.78. The molecule has 1 unspecified atom stereocenters. The van der Waals surface area contributed by atoms with Crippen LogP contribution in [0.2, 0.25) is 0 Å². The van der Waals surface area contributed by atoms with Crippen molar-refractivity contribution < 1.29 is 13.7 Å². The molecule has 1 atom stereocenters. The largest absolute Gasteiger partial charge is 0.522 e. The van der Waals surface area contributed by atoms with Crippen molar-refractivity contribution in [2.45, 2.75) is 12.4 Å². The second-order valence-electron chi connectivity index (χ2n) is 1.12. The average Bonchev–Trinajstić information content (AvgIpc) is 1.87. The van der Waals surface area contributed by atoms with Crippen LogP contribution in [-0.2, 0) is 8.92 Å². The monoisotopic (exact) mass is 120 g/mol. The van der Waals surface area contributed by atoms with E-state index in [2.05, 4.69) is 8.92 Å². The lowest BCUT2D eigenvalue weighted by atomic mass is 10.9. The molecule has 0 N–H and O–H groups in total. The van der Waals surface area contributed by atoms with Crippen LogP contribution in [0, 0.1) is 0 Å². The zero-order valence-corrected chi connectivity index (χ0v) is 4.53. The molecule has 0 bridgehead atoms. The van der Waals surface area contributed by atoms with Gasteiger partial charge in [-0.3, -0.25) is 0 Å². The van der Waals surface area contributed by atoms with Crippen molar-refractivity contribution in [2.75, 3.05) is 0 Å². The molecule has 0 spiro atoms. The van der Waals surface area contributed by atoms with Gasteiger partial charge in [-0.1, -0.05) is 0 Å². The second-order valence-corrected chi connectivity index (χ2v) is 2.14. The first-order chi connectivity index (χ1) is 3.29. The van der Waals surface area contributed by atoms with Gasteiger partial charge in [0.15, 0.2) is 5.44 Å². The van der Waals surface area contributed by atoms with Crippen LogP contribution in [0.15, 0.2) is 0 Å². The fourth-order valence-corrected chi connectivity index (χ4v) is 0.653. The van der Waals surface area contributed by atoms with Crippen LogP contribution in [0.5, 0.6) is 0 Å². The zero-order valence-electron chi connectivity index (χ0n) is 3.71. The molecule has 0 amide bonds. The van der Waals surface area contributed by atoms with E-state index in [-0.39, 0.29) is 5.44 Å². The maximum absolute atomic E-state index is 9.99. The van der Waals surface area contributed by atoms with Crippen LogP contribution in [0.25, 0.3) is 0 Å². The first kappa shape index (κ1) is 4.77. The molecule has 0 aliphatic carbocycles. The predicted molar refractivity (Wildman–Crippen MR) is 24.6 cm³/mol. The fraction of sp³-hybridized carbons (Fsp3) is 0.667. The summed E-state index contributed by atoms with van der Waals surface area (Å²) in [6.07, 6.45) is -0.586. The summed E-state index contributed by atoms with van der Waals surface area (Å²) in [6.45, 7) is 1.75. The van der Waals surface area contributed by atoms with Crippen molar-refractivity contribution in [1.29, 1.82) is 0 Å². The Morgan fingerprint density at radius 1 is 1.86 bits per heavy atom. The van der Waals surface area contributed by atoms with Gasteiger partial charge in [0.1, 0.15) is 12.0 Å². The molecular weight excluding hydrogens is 116 g/mol. The molecule has 0 aromatic rings. The number of hydrogen-bond donors (Lipinski definition) is 0. The molecule has 1 aliphatic heterocycles. The maximum Gasteiger partial charge on any atom is 0.522 e. The lowest BCUT2D eigenvalue weighted by Crippen LogP contribution is -1.96. The van der Waals surface area contributed by atoms with Gasteiger partial charge in [0.2, 0.25) is 0 Å². The summed E-state index contributed by atoms with van der Waals surface area (Å²) in [5, 5.41) is 0. The molecule has 40 valence electrons. The highest BCUT2D eigenvalue weighted by Crippen LogP contribution is 2.21. The van der Waals surface area contributed by atoms with E-state index in [0.29, 0.717) is 0 Å². The Bertz CT molecular complexity index is 92.2. The van der Waals surface area contributed by atoms with Crippen molar-refractivity contribution in [3.05, 3.63) is 0 Å². The van der Waals surface area contributed by atoms with Crippen molar-refractivity contribution in [3.8, 4) is 0 Å². The molecule has 1 saturated heterocycles. The van der Waals surface area contributed by atoms with E-state index >= 15 is 0 Å². The smallest absolute Gasteiger partial charge is 0.416 e. The molecule has 0 radical (unpaired) electrons. The first-order valence-corrected chi connectivity index (χ1v) is 2.63. The Morgan fingerprint density at radius 3 is 2.71 bits per heavy atom. The minimum atomic E-state index is -0.586. The highest BCUT2D eigenvalue weighted by Gasteiger charge is 2.21. The van der Waals surface area contributed by atoms with Gasteiger partial charge in [0, 0.05) is 0 Å². The van der Waals surface area contributed by atoms with Gasteiger partial charge in [0.25, 0.3) is 0 Å². The summed E-state index contributed by atoms with van der Waals surface area (Å²) in [5.41, 5.74) is -0.132. The normalized spacial score (nSPS) is 29.3. The van der Waals surface area contributed by atoms with Gasteiger partial charge in [-0.15, -0.1) is 0 Å². The number of cyclic esters (lactones) is 1. The number of rotatable bonds is 0. The molecule has 3 nitrogen and oxygen atoms in total. The standard InChI is InChI=1S/C3H4O3S/c1-2-5-3(4)6-7-2/h2H,1H3. The summed E-state index contributed by atoms with van der Waals surface area (Å²) in [4.78, 5) is 9.99. The first-order valence-electron chi connectivity index (χ1n) is 1.83. The molecule has 1 fully saturated rings. The fourth-order valence-electron chi connectivity index (χ4n) is 0.282. The van der Waals surface area contributed by atoms with E-state index in [1.807, 2.05) is 0 Å². The van der Waals surface area contributed by atoms with E-state index in [1.165, 1.54) is 0 Å². The summed E-state index contributed by atoms with van der Waals surface area (Å²) >= 11 is 1.03. The van der Waals surface area contributed by atoms with Gasteiger partial charge >= 0.3 is 6.16 Å². The van der Waals surface area contributed by atoms with E-state index in [9.17, 15) is 4.79 Å². The van der Waals surface area contributed by atoms with E-state index in [1.54, 1.807) is 6.92 Å². The van der Waals surface area contributed by atoms with E-state index < -0.39 is 6.16 Å². The van der Waals surface area contributed by atoms with Crippen molar-refractivity contribution in [3.63, 3.8) is 0 Å². The topological polar surface area (TPSA) is 35.5 Å².